The summed E-state index contributed by atoms with van der Waals surface area (Å²) < 4.78 is 11.7. The summed E-state index contributed by atoms with van der Waals surface area (Å²) in [5.41, 5.74) is 1.07. The van der Waals surface area contributed by atoms with Crippen molar-refractivity contribution in [3.8, 4) is 11.5 Å². The number of benzene rings is 2. The molecule has 0 heterocycles. The first-order valence-electron chi connectivity index (χ1n) is 7.62. The monoisotopic (exact) mass is 422 g/mol. The Labute approximate surface area is 160 Å². The van der Waals surface area contributed by atoms with Crippen LogP contribution in [-0.2, 0) is 0 Å². The van der Waals surface area contributed by atoms with E-state index in [1.165, 1.54) is 7.11 Å². The van der Waals surface area contributed by atoms with Crippen LogP contribution in [0.5, 0.6) is 11.5 Å². The third kappa shape index (κ3) is 5.44. The average molecular weight is 423 g/mol. The minimum absolute atomic E-state index is 0.0250. The van der Waals surface area contributed by atoms with Gasteiger partial charge in [0, 0.05) is 4.47 Å². The Bertz CT molecular complexity index is 781. The fraction of sp³-hybridized carbons (Fsp3) is 0.222. The molecule has 1 amide bonds. The van der Waals surface area contributed by atoms with Crippen molar-refractivity contribution in [1.29, 1.82) is 0 Å². The summed E-state index contributed by atoms with van der Waals surface area (Å²) in [6, 6.07) is 12.6. The van der Waals surface area contributed by atoms with E-state index in [4.69, 9.17) is 21.7 Å². The lowest BCUT2D eigenvalue weighted by Crippen LogP contribution is -2.34. The topological polar surface area (TPSA) is 59.6 Å². The fourth-order valence-corrected chi connectivity index (χ4v) is 2.67. The standard InChI is InChI=1S/C18H19BrN2O3S/c1-11(2)24-16-7-5-4-6-14(16)20-18(25)21-17(22)13-10-12(19)8-9-15(13)23-3/h4-11H,1-3H3,(H2,20,21,22,25). The zero-order valence-electron chi connectivity index (χ0n) is 14.1. The molecule has 132 valence electrons. The molecule has 0 aliphatic rings. The summed E-state index contributed by atoms with van der Waals surface area (Å²) in [6.45, 7) is 3.88. The van der Waals surface area contributed by atoms with Gasteiger partial charge in [-0.15, -0.1) is 0 Å². The number of thiocarbonyl (C=S) groups is 1. The SMILES string of the molecule is COc1ccc(Br)cc1C(=O)NC(=S)Nc1ccccc1OC(C)C. The number of amides is 1. The van der Waals surface area contributed by atoms with Crippen molar-refractivity contribution in [2.24, 2.45) is 0 Å². The summed E-state index contributed by atoms with van der Waals surface area (Å²) in [5, 5.41) is 5.82. The van der Waals surface area contributed by atoms with Crippen molar-refractivity contribution >= 4 is 44.9 Å². The second-order valence-electron chi connectivity index (χ2n) is 5.42. The number of rotatable bonds is 5. The predicted octanol–water partition coefficient (Wildman–Crippen LogP) is 4.37. The van der Waals surface area contributed by atoms with Crippen molar-refractivity contribution < 1.29 is 14.3 Å². The molecule has 0 aromatic heterocycles. The normalized spacial score (nSPS) is 10.3. The molecule has 0 saturated heterocycles. The van der Waals surface area contributed by atoms with E-state index in [0.717, 1.165) is 4.47 Å². The van der Waals surface area contributed by atoms with Crippen molar-refractivity contribution in [2.45, 2.75) is 20.0 Å². The van der Waals surface area contributed by atoms with Gasteiger partial charge in [-0.25, -0.2) is 0 Å². The van der Waals surface area contributed by atoms with Crippen molar-refractivity contribution in [2.75, 3.05) is 12.4 Å². The van der Waals surface area contributed by atoms with E-state index in [1.807, 2.05) is 38.1 Å². The van der Waals surface area contributed by atoms with E-state index in [9.17, 15) is 4.79 Å². The highest BCUT2D eigenvalue weighted by molar-refractivity contribution is 9.10. The summed E-state index contributed by atoms with van der Waals surface area (Å²) in [4.78, 5) is 12.5. The van der Waals surface area contributed by atoms with Crippen LogP contribution in [0.2, 0.25) is 0 Å². The second-order valence-corrected chi connectivity index (χ2v) is 6.74. The smallest absolute Gasteiger partial charge is 0.261 e. The first-order valence-corrected chi connectivity index (χ1v) is 8.82. The van der Waals surface area contributed by atoms with Gasteiger partial charge in [0.1, 0.15) is 11.5 Å². The number of para-hydroxylation sites is 2. The maximum Gasteiger partial charge on any atom is 0.261 e. The fourth-order valence-electron chi connectivity index (χ4n) is 2.11. The quantitative estimate of drug-likeness (QED) is 0.700. The van der Waals surface area contributed by atoms with Crippen LogP contribution < -0.4 is 20.1 Å². The van der Waals surface area contributed by atoms with Gasteiger partial charge in [0.15, 0.2) is 5.11 Å². The molecule has 0 bridgehead atoms. The Hall–Kier alpha value is -2.12. The average Bonchev–Trinajstić information content (AvgIpc) is 2.56. The van der Waals surface area contributed by atoms with Crippen LogP contribution in [0.25, 0.3) is 0 Å². The summed E-state index contributed by atoms with van der Waals surface area (Å²) in [6.07, 6.45) is 0.0250. The lowest BCUT2D eigenvalue weighted by Gasteiger charge is -2.16. The van der Waals surface area contributed by atoms with E-state index in [-0.39, 0.29) is 17.1 Å². The van der Waals surface area contributed by atoms with Gasteiger partial charge in [-0.2, -0.15) is 0 Å². The van der Waals surface area contributed by atoms with Gasteiger partial charge in [-0.1, -0.05) is 28.1 Å². The number of carbonyl (C=O) groups is 1. The van der Waals surface area contributed by atoms with E-state index in [2.05, 4.69) is 26.6 Å². The largest absolute Gasteiger partial charge is 0.496 e. The molecule has 2 aromatic carbocycles. The minimum Gasteiger partial charge on any atom is -0.496 e. The number of methoxy groups -OCH3 is 1. The second kappa shape index (κ2) is 8.82. The van der Waals surface area contributed by atoms with Crippen molar-refractivity contribution in [1.82, 2.24) is 5.32 Å². The molecule has 5 nitrogen and oxygen atoms in total. The van der Waals surface area contributed by atoms with Gasteiger partial charge < -0.3 is 14.8 Å². The third-order valence-electron chi connectivity index (χ3n) is 3.13. The molecule has 0 saturated carbocycles. The van der Waals surface area contributed by atoms with Crippen LogP contribution in [0.1, 0.15) is 24.2 Å². The molecule has 0 spiro atoms. The van der Waals surface area contributed by atoms with Gasteiger partial charge in [0.2, 0.25) is 0 Å². The van der Waals surface area contributed by atoms with Crippen LogP contribution in [0, 0.1) is 0 Å². The predicted molar refractivity (Wildman–Crippen MR) is 107 cm³/mol. The van der Waals surface area contributed by atoms with Crippen LogP contribution in [-0.4, -0.2) is 24.2 Å². The Morgan fingerprint density at radius 3 is 2.56 bits per heavy atom. The van der Waals surface area contributed by atoms with Gasteiger partial charge in [0.25, 0.3) is 5.91 Å². The molecule has 2 N–H and O–H groups in total. The van der Waals surface area contributed by atoms with E-state index < -0.39 is 0 Å². The van der Waals surface area contributed by atoms with Gasteiger partial charge in [-0.3, -0.25) is 10.1 Å². The van der Waals surface area contributed by atoms with Crippen LogP contribution in [0.3, 0.4) is 0 Å². The number of halogens is 1. The number of hydrogen-bond donors (Lipinski definition) is 2. The summed E-state index contributed by atoms with van der Waals surface area (Å²) in [5.74, 6) is 0.763. The number of carbonyl (C=O) groups excluding carboxylic acids is 1. The molecule has 0 atom stereocenters. The van der Waals surface area contributed by atoms with Crippen LogP contribution >= 0.6 is 28.1 Å². The van der Waals surface area contributed by atoms with Gasteiger partial charge in [-0.05, 0) is 56.4 Å². The zero-order chi connectivity index (χ0) is 18.4. The molecular weight excluding hydrogens is 404 g/mol. The molecule has 0 aliphatic carbocycles. The number of anilines is 1. The maximum atomic E-state index is 12.5. The Morgan fingerprint density at radius 2 is 1.88 bits per heavy atom. The lowest BCUT2D eigenvalue weighted by molar-refractivity contribution is 0.0974. The maximum absolute atomic E-state index is 12.5. The Kier molecular flexibility index (Phi) is 6.78. The third-order valence-corrected chi connectivity index (χ3v) is 3.83. The molecule has 0 radical (unpaired) electrons. The van der Waals surface area contributed by atoms with E-state index >= 15 is 0 Å². The first kappa shape index (κ1) is 19.2. The highest BCUT2D eigenvalue weighted by Gasteiger charge is 2.15. The molecule has 2 rings (SSSR count). The number of hydrogen-bond acceptors (Lipinski definition) is 4. The van der Waals surface area contributed by atoms with E-state index in [1.54, 1.807) is 18.2 Å². The van der Waals surface area contributed by atoms with E-state index in [0.29, 0.717) is 22.7 Å². The molecule has 0 aliphatic heterocycles. The first-order chi connectivity index (χ1) is 11.9. The van der Waals surface area contributed by atoms with Crippen LogP contribution in [0.4, 0.5) is 5.69 Å². The number of nitrogens with one attached hydrogen (secondary N) is 2. The van der Waals surface area contributed by atoms with Crippen molar-refractivity contribution in [3.63, 3.8) is 0 Å². The van der Waals surface area contributed by atoms with Gasteiger partial charge >= 0.3 is 0 Å². The highest BCUT2D eigenvalue weighted by Crippen LogP contribution is 2.25. The Morgan fingerprint density at radius 1 is 1.16 bits per heavy atom. The lowest BCUT2D eigenvalue weighted by atomic mass is 10.2. The summed E-state index contributed by atoms with van der Waals surface area (Å²) >= 11 is 8.59. The molecule has 0 fully saturated rings. The minimum atomic E-state index is -0.363. The van der Waals surface area contributed by atoms with Crippen LogP contribution in [0.15, 0.2) is 46.9 Å². The molecule has 2 aromatic rings. The number of ether oxygens (including phenoxy) is 2. The highest BCUT2D eigenvalue weighted by atomic mass is 79.9. The summed E-state index contributed by atoms with van der Waals surface area (Å²) in [7, 11) is 1.51. The molecule has 25 heavy (non-hydrogen) atoms. The van der Waals surface area contributed by atoms with Gasteiger partial charge in [0.05, 0.1) is 24.5 Å². The molecule has 7 heteroatoms. The van der Waals surface area contributed by atoms with Crippen molar-refractivity contribution in [3.05, 3.63) is 52.5 Å². The Balaban J connectivity index is 2.11. The molecule has 0 unspecified atom stereocenters. The molecular formula is C18H19BrN2O3S. The zero-order valence-corrected chi connectivity index (χ0v) is 16.5.